The maximum absolute atomic E-state index is 12.5. The predicted molar refractivity (Wildman–Crippen MR) is 104 cm³/mol. The lowest BCUT2D eigenvalue weighted by molar-refractivity contribution is -0.133. The maximum Gasteiger partial charge on any atom is 0.389 e. The van der Waals surface area contributed by atoms with Gasteiger partial charge >= 0.3 is 6.18 Å². The van der Waals surface area contributed by atoms with Crippen LogP contribution in [-0.2, 0) is 20.0 Å². The lowest BCUT2D eigenvalue weighted by atomic mass is 10.1. The molecule has 29 heavy (non-hydrogen) atoms. The number of benzene rings is 2. The molecule has 0 saturated carbocycles. The third kappa shape index (κ3) is 3.80. The number of aromatic nitrogens is 4. The number of nitrogens with one attached hydrogen (secondary N) is 1. The van der Waals surface area contributed by atoms with Crippen LogP contribution in [0.25, 0.3) is 16.7 Å². The van der Waals surface area contributed by atoms with Gasteiger partial charge in [-0.25, -0.2) is 0 Å². The first-order valence-corrected chi connectivity index (χ1v) is 9.05. The van der Waals surface area contributed by atoms with Gasteiger partial charge in [0.2, 0.25) is 5.78 Å². The minimum absolute atomic E-state index is 0.0430. The summed E-state index contributed by atoms with van der Waals surface area (Å²) in [4.78, 5) is 12.5. The molecule has 4 aromatic rings. The molecule has 9 heteroatoms. The quantitative estimate of drug-likeness (QED) is 0.554. The van der Waals surface area contributed by atoms with Gasteiger partial charge in [-0.1, -0.05) is 24.3 Å². The molecule has 150 valence electrons. The number of anilines is 1. The molecule has 0 bridgehead atoms. The number of para-hydroxylation sites is 1. The first-order chi connectivity index (χ1) is 13.8. The van der Waals surface area contributed by atoms with Crippen LogP contribution in [0, 0.1) is 0 Å². The van der Waals surface area contributed by atoms with E-state index in [2.05, 4.69) is 15.5 Å². The summed E-state index contributed by atoms with van der Waals surface area (Å²) >= 11 is 0. The average Bonchev–Trinajstić information content (AvgIpc) is 3.13. The summed E-state index contributed by atoms with van der Waals surface area (Å²) in [6.45, 7) is 0.339. The van der Waals surface area contributed by atoms with E-state index in [9.17, 15) is 18.0 Å². The lowest BCUT2D eigenvalue weighted by Gasteiger charge is -2.10. The third-order valence-corrected chi connectivity index (χ3v) is 4.79. The van der Waals surface area contributed by atoms with E-state index in [0.717, 1.165) is 11.2 Å². The van der Waals surface area contributed by atoms with Crippen molar-refractivity contribution in [3.8, 4) is 0 Å². The van der Waals surface area contributed by atoms with Gasteiger partial charge in [-0.2, -0.15) is 13.2 Å². The Morgan fingerprint density at radius 2 is 1.76 bits per heavy atom. The van der Waals surface area contributed by atoms with Gasteiger partial charge in [0.25, 0.3) is 5.56 Å². The third-order valence-electron chi connectivity index (χ3n) is 4.79. The molecule has 0 atom stereocenters. The Labute approximate surface area is 163 Å². The van der Waals surface area contributed by atoms with Crippen LogP contribution in [0.3, 0.4) is 0 Å². The average molecular weight is 401 g/mol. The number of fused-ring (bicyclic) bond motifs is 3. The molecule has 2 aromatic carbocycles. The van der Waals surface area contributed by atoms with Gasteiger partial charge in [-0.3, -0.25) is 13.8 Å². The molecule has 0 amide bonds. The van der Waals surface area contributed by atoms with Gasteiger partial charge in [0.15, 0.2) is 5.82 Å². The molecular weight excluding hydrogens is 383 g/mol. The van der Waals surface area contributed by atoms with Gasteiger partial charge in [0.1, 0.15) is 0 Å². The second-order valence-electron chi connectivity index (χ2n) is 6.80. The predicted octanol–water partition coefficient (Wildman–Crippen LogP) is 3.69. The summed E-state index contributed by atoms with van der Waals surface area (Å²) < 4.78 is 40.3. The van der Waals surface area contributed by atoms with Crippen molar-refractivity contribution in [3.05, 3.63) is 70.3 Å². The summed E-state index contributed by atoms with van der Waals surface area (Å²) in [6.07, 6.45) is -5.04. The molecule has 2 aromatic heterocycles. The van der Waals surface area contributed by atoms with Crippen LogP contribution >= 0.6 is 0 Å². The van der Waals surface area contributed by atoms with Gasteiger partial charge in [-0.05, 0) is 36.2 Å². The molecule has 0 aliphatic heterocycles. The molecule has 1 N–H and O–H groups in total. The van der Waals surface area contributed by atoms with Crippen molar-refractivity contribution in [2.75, 3.05) is 5.32 Å². The van der Waals surface area contributed by atoms with Crippen molar-refractivity contribution in [3.63, 3.8) is 0 Å². The molecule has 0 aliphatic carbocycles. The van der Waals surface area contributed by atoms with Crippen molar-refractivity contribution < 1.29 is 13.2 Å². The highest BCUT2D eigenvalue weighted by molar-refractivity contribution is 5.80. The zero-order valence-corrected chi connectivity index (χ0v) is 15.6. The highest BCUT2D eigenvalue weighted by atomic mass is 19.4. The van der Waals surface area contributed by atoms with E-state index in [0.29, 0.717) is 29.1 Å². The first kappa shape index (κ1) is 19.0. The molecule has 6 nitrogen and oxygen atoms in total. The van der Waals surface area contributed by atoms with Crippen LogP contribution in [-0.4, -0.2) is 25.3 Å². The molecule has 0 fully saturated rings. The summed E-state index contributed by atoms with van der Waals surface area (Å²) in [6, 6.07) is 14.1. The molecule has 0 unspecified atom stereocenters. The van der Waals surface area contributed by atoms with Crippen LogP contribution in [0.5, 0.6) is 0 Å². The van der Waals surface area contributed by atoms with E-state index < -0.39 is 12.6 Å². The fraction of sp³-hybridized carbons (Fsp3) is 0.250. The van der Waals surface area contributed by atoms with Crippen molar-refractivity contribution in [2.45, 2.75) is 25.6 Å². The van der Waals surface area contributed by atoms with E-state index in [1.54, 1.807) is 43.4 Å². The van der Waals surface area contributed by atoms with Crippen molar-refractivity contribution >= 4 is 22.4 Å². The normalized spacial score (nSPS) is 12.0. The van der Waals surface area contributed by atoms with Crippen LogP contribution in [0.1, 0.15) is 17.8 Å². The number of rotatable bonds is 5. The molecule has 0 spiro atoms. The monoisotopic (exact) mass is 401 g/mol. The second-order valence-corrected chi connectivity index (χ2v) is 6.80. The highest BCUT2D eigenvalue weighted by Gasteiger charge is 2.26. The van der Waals surface area contributed by atoms with E-state index in [1.165, 1.54) is 4.57 Å². The second kappa shape index (κ2) is 7.23. The Bertz CT molecular complexity index is 1230. The minimum Gasteiger partial charge on any atom is -0.378 e. The SMILES string of the molecule is Cn1c(=O)c2ccccc2n2c(CNc3ccc(CCC(F)(F)F)cc3)nnc12. The number of nitrogens with zero attached hydrogens (tertiary/aromatic N) is 4. The van der Waals surface area contributed by atoms with Crippen LogP contribution < -0.4 is 10.9 Å². The summed E-state index contributed by atoms with van der Waals surface area (Å²) in [5.74, 6) is 1.06. The van der Waals surface area contributed by atoms with Crippen LogP contribution in [0.15, 0.2) is 53.3 Å². The fourth-order valence-electron chi connectivity index (χ4n) is 3.26. The molecule has 2 heterocycles. The summed E-state index contributed by atoms with van der Waals surface area (Å²) in [7, 11) is 1.65. The zero-order chi connectivity index (χ0) is 20.6. The lowest BCUT2D eigenvalue weighted by Crippen LogP contribution is -2.20. The fourth-order valence-corrected chi connectivity index (χ4v) is 3.26. The molecule has 0 aliphatic rings. The standard InChI is InChI=1S/C20H18F3N5O/c1-27-18(29)15-4-2-3-5-16(15)28-17(25-26-19(27)28)12-24-14-8-6-13(7-9-14)10-11-20(21,22)23/h2-9,24H,10-12H2,1H3. The van der Waals surface area contributed by atoms with Gasteiger partial charge in [-0.15, -0.1) is 10.2 Å². The summed E-state index contributed by atoms with van der Waals surface area (Å²) in [5.41, 5.74) is 1.96. The van der Waals surface area contributed by atoms with Gasteiger partial charge < -0.3 is 5.32 Å². The van der Waals surface area contributed by atoms with E-state index in [-0.39, 0.29) is 12.0 Å². The molecular formula is C20H18F3N5O. The Balaban J connectivity index is 1.57. The van der Waals surface area contributed by atoms with Crippen molar-refractivity contribution in [1.82, 2.24) is 19.2 Å². The zero-order valence-electron chi connectivity index (χ0n) is 15.6. The molecule has 0 saturated heterocycles. The molecule has 4 rings (SSSR count). The summed E-state index contributed by atoms with van der Waals surface area (Å²) in [5, 5.41) is 12.1. The minimum atomic E-state index is -4.16. The number of alkyl halides is 3. The van der Waals surface area contributed by atoms with E-state index in [1.807, 2.05) is 16.5 Å². The van der Waals surface area contributed by atoms with Gasteiger partial charge in [0.05, 0.1) is 17.4 Å². The molecule has 0 radical (unpaired) electrons. The Hall–Kier alpha value is -3.36. The Kier molecular flexibility index (Phi) is 4.73. The number of hydrogen-bond donors (Lipinski definition) is 1. The largest absolute Gasteiger partial charge is 0.389 e. The number of aryl methyl sites for hydroxylation is 2. The highest BCUT2D eigenvalue weighted by Crippen LogP contribution is 2.23. The topological polar surface area (TPSA) is 64.2 Å². The van der Waals surface area contributed by atoms with Gasteiger partial charge in [0, 0.05) is 19.2 Å². The van der Waals surface area contributed by atoms with Crippen LogP contribution in [0.2, 0.25) is 0 Å². The maximum atomic E-state index is 12.5. The number of halogens is 3. The van der Waals surface area contributed by atoms with Crippen molar-refractivity contribution in [2.24, 2.45) is 7.05 Å². The Morgan fingerprint density at radius 1 is 1.03 bits per heavy atom. The van der Waals surface area contributed by atoms with Crippen LogP contribution in [0.4, 0.5) is 18.9 Å². The number of hydrogen-bond acceptors (Lipinski definition) is 4. The van der Waals surface area contributed by atoms with E-state index in [4.69, 9.17) is 0 Å². The van der Waals surface area contributed by atoms with Crippen molar-refractivity contribution in [1.29, 1.82) is 0 Å². The smallest absolute Gasteiger partial charge is 0.378 e. The Morgan fingerprint density at radius 3 is 2.48 bits per heavy atom. The van der Waals surface area contributed by atoms with E-state index >= 15 is 0 Å². The first-order valence-electron chi connectivity index (χ1n) is 9.05.